The Labute approximate surface area is 200 Å². The van der Waals surface area contributed by atoms with E-state index in [9.17, 15) is 14.4 Å². The van der Waals surface area contributed by atoms with E-state index in [0.717, 1.165) is 29.7 Å². The first-order chi connectivity index (χ1) is 15.9. The Morgan fingerprint density at radius 1 is 1.33 bits per heavy atom. The molecule has 0 saturated carbocycles. The highest BCUT2D eigenvalue weighted by Crippen LogP contribution is 2.40. The zero-order valence-corrected chi connectivity index (χ0v) is 20.6. The summed E-state index contributed by atoms with van der Waals surface area (Å²) in [6, 6.07) is 7.23. The quantitative estimate of drug-likeness (QED) is 0.303. The lowest BCUT2D eigenvalue weighted by atomic mass is 9.88. The van der Waals surface area contributed by atoms with Gasteiger partial charge < -0.3 is 10.1 Å². The number of fused-ring (bicyclic) bond motifs is 2. The summed E-state index contributed by atoms with van der Waals surface area (Å²) in [5.41, 5.74) is 2.08. The van der Waals surface area contributed by atoms with Gasteiger partial charge in [0.15, 0.2) is 5.16 Å². The third-order valence-corrected chi connectivity index (χ3v) is 7.95. The molecule has 0 radical (unpaired) electrons. The second-order valence-electron chi connectivity index (χ2n) is 8.20. The molecule has 1 aromatic carbocycles. The van der Waals surface area contributed by atoms with Crippen LogP contribution in [-0.4, -0.2) is 33.8 Å². The van der Waals surface area contributed by atoms with Gasteiger partial charge in [0.05, 0.1) is 23.1 Å². The lowest BCUT2D eigenvalue weighted by Crippen LogP contribution is -2.20. The fourth-order valence-corrected chi connectivity index (χ4v) is 6.33. The van der Waals surface area contributed by atoms with Gasteiger partial charge in [-0.1, -0.05) is 30.8 Å². The van der Waals surface area contributed by atoms with Gasteiger partial charge in [0, 0.05) is 24.1 Å². The lowest BCUT2D eigenvalue weighted by Gasteiger charge is -2.18. The van der Waals surface area contributed by atoms with Crippen molar-refractivity contribution in [2.24, 2.45) is 13.0 Å². The summed E-state index contributed by atoms with van der Waals surface area (Å²) in [6.07, 6.45) is 3.00. The van der Waals surface area contributed by atoms with Crippen LogP contribution in [0.4, 0.5) is 5.00 Å². The van der Waals surface area contributed by atoms with Crippen molar-refractivity contribution in [3.8, 4) is 0 Å². The molecule has 1 aliphatic carbocycles. The van der Waals surface area contributed by atoms with E-state index in [1.54, 1.807) is 20.0 Å². The summed E-state index contributed by atoms with van der Waals surface area (Å²) in [6.45, 7) is 4.28. The summed E-state index contributed by atoms with van der Waals surface area (Å²) in [5.74, 6) is 0.476. The summed E-state index contributed by atoms with van der Waals surface area (Å²) < 4.78 is 6.78. The number of ether oxygens (including phenoxy) is 1. The van der Waals surface area contributed by atoms with Crippen molar-refractivity contribution in [3.05, 3.63) is 50.6 Å². The molecule has 0 aliphatic heterocycles. The highest BCUT2D eigenvalue weighted by Gasteiger charge is 2.29. The number of carbonyl (C=O) groups is 2. The molecule has 2 aromatic heterocycles. The van der Waals surface area contributed by atoms with E-state index in [4.69, 9.17) is 4.74 Å². The number of nitrogens with one attached hydrogen (secondary N) is 1. The molecule has 0 bridgehead atoms. The maximum atomic E-state index is 12.7. The van der Waals surface area contributed by atoms with Crippen molar-refractivity contribution in [1.82, 2.24) is 9.55 Å². The minimum absolute atomic E-state index is 0.106. The average Bonchev–Trinajstić information content (AvgIpc) is 3.14. The third kappa shape index (κ3) is 4.99. The Bertz CT molecular complexity index is 1260. The first-order valence-corrected chi connectivity index (χ1v) is 12.9. The number of hydrogen-bond donors (Lipinski definition) is 1. The van der Waals surface area contributed by atoms with Crippen molar-refractivity contribution >= 4 is 50.9 Å². The van der Waals surface area contributed by atoms with E-state index in [1.165, 1.54) is 27.7 Å². The number of aromatic nitrogens is 2. The SMILES string of the molecule is CCOC(=O)c1c(NC(=O)CCSc2nc3ccccc3c(=O)n2C)sc2c1CCC(C)C2. The molecule has 174 valence electrons. The van der Waals surface area contributed by atoms with Gasteiger partial charge in [-0.25, -0.2) is 9.78 Å². The van der Waals surface area contributed by atoms with Crippen LogP contribution in [-0.2, 0) is 29.4 Å². The number of hydrogen-bond acceptors (Lipinski definition) is 7. The third-order valence-electron chi connectivity index (χ3n) is 5.75. The van der Waals surface area contributed by atoms with Gasteiger partial charge in [0.2, 0.25) is 5.91 Å². The normalized spacial score (nSPS) is 15.3. The molecule has 9 heteroatoms. The van der Waals surface area contributed by atoms with Crippen LogP contribution in [0.1, 0.15) is 47.5 Å². The van der Waals surface area contributed by atoms with Crippen LogP contribution in [0.2, 0.25) is 0 Å². The highest BCUT2D eigenvalue weighted by atomic mass is 32.2. The van der Waals surface area contributed by atoms with Gasteiger partial charge in [-0.15, -0.1) is 11.3 Å². The fourth-order valence-electron chi connectivity index (χ4n) is 4.01. The molecule has 1 atom stereocenters. The zero-order chi connectivity index (χ0) is 23.5. The second-order valence-corrected chi connectivity index (χ2v) is 10.4. The minimum atomic E-state index is -0.371. The van der Waals surface area contributed by atoms with E-state index in [2.05, 4.69) is 17.2 Å². The number of thioether (sulfide) groups is 1. The Morgan fingerprint density at radius 2 is 2.12 bits per heavy atom. The summed E-state index contributed by atoms with van der Waals surface area (Å²) in [7, 11) is 1.69. The predicted molar refractivity (Wildman–Crippen MR) is 132 cm³/mol. The van der Waals surface area contributed by atoms with Crippen LogP contribution in [0.15, 0.2) is 34.2 Å². The summed E-state index contributed by atoms with van der Waals surface area (Å²) in [5, 5.41) is 4.66. The number of esters is 1. The fraction of sp³-hybridized carbons (Fsp3) is 0.417. The number of carbonyl (C=O) groups excluding carboxylic acids is 2. The molecule has 0 fully saturated rings. The monoisotopic (exact) mass is 485 g/mol. The molecule has 1 N–H and O–H groups in total. The highest BCUT2D eigenvalue weighted by molar-refractivity contribution is 7.99. The number of thiophene rings is 1. The largest absolute Gasteiger partial charge is 0.462 e. The Hall–Kier alpha value is -2.65. The van der Waals surface area contributed by atoms with Crippen molar-refractivity contribution < 1.29 is 14.3 Å². The molecule has 0 spiro atoms. The lowest BCUT2D eigenvalue weighted by molar-refractivity contribution is -0.115. The first kappa shape index (κ1) is 23.5. The van der Waals surface area contributed by atoms with Crippen molar-refractivity contribution in [1.29, 1.82) is 0 Å². The molecular formula is C24H27N3O4S2. The number of rotatable bonds is 7. The molecule has 1 amide bonds. The predicted octanol–water partition coefficient (Wildman–Crippen LogP) is 4.42. The number of anilines is 1. The standard InChI is InChI=1S/C24H27N3O4S2/c1-4-31-23(30)20-16-10-9-14(2)13-18(16)33-21(20)26-19(28)11-12-32-24-25-17-8-6-5-7-15(17)22(29)27(24)3/h5-8,14H,4,9-13H2,1-3H3,(H,26,28). The number of nitrogens with zero attached hydrogens (tertiary/aromatic N) is 2. The van der Waals surface area contributed by atoms with E-state index in [1.807, 2.05) is 18.2 Å². The number of amides is 1. The van der Waals surface area contributed by atoms with Gasteiger partial charge in [-0.3, -0.25) is 14.2 Å². The van der Waals surface area contributed by atoms with Crippen molar-refractivity contribution in [2.45, 2.75) is 44.7 Å². The Morgan fingerprint density at radius 3 is 2.91 bits per heavy atom. The van der Waals surface area contributed by atoms with Crippen LogP contribution in [0.5, 0.6) is 0 Å². The molecule has 7 nitrogen and oxygen atoms in total. The molecule has 4 rings (SSSR count). The maximum absolute atomic E-state index is 12.7. The van der Waals surface area contributed by atoms with Crippen LogP contribution < -0.4 is 10.9 Å². The van der Waals surface area contributed by atoms with Gasteiger partial charge in [0.25, 0.3) is 5.56 Å². The van der Waals surface area contributed by atoms with Crippen LogP contribution >= 0.6 is 23.1 Å². The van der Waals surface area contributed by atoms with Crippen LogP contribution in [0, 0.1) is 5.92 Å². The van der Waals surface area contributed by atoms with E-state index < -0.39 is 0 Å². The van der Waals surface area contributed by atoms with Crippen LogP contribution in [0.25, 0.3) is 10.9 Å². The minimum Gasteiger partial charge on any atom is -0.462 e. The Balaban J connectivity index is 1.45. The molecular weight excluding hydrogens is 458 g/mol. The summed E-state index contributed by atoms with van der Waals surface area (Å²) >= 11 is 2.85. The number of para-hydroxylation sites is 1. The van der Waals surface area contributed by atoms with E-state index in [0.29, 0.717) is 44.9 Å². The molecule has 3 aromatic rings. The molecule has 1 aliphatic rings. The first-order valence-electron chi connectivity index (χ1n) is 11.1. The van der Waals surface area contributed by atoms with Gasteiger partial charge >= 0.3 is 5.97 Å². The number of benzene rings is 1. The molecule has 1 unspecified atom stereocenters. The van der Waals surface area contributed by atoms with Gasteiger partial charge in [0.1, 0.15) is 5.00 Å². The smallest absolute Gasteiger partial charge is 0.341 e. The summed E-state index contributed by atoms with van der Waals surface area (Å²) in [4.78, 5) is 43.6. The van der Waals surface area contributed by atoms with E-state index >= 15 is 0 Å². The average molecular weight is 486 g/mol. The molecule has 0 saturated heterocycles. The molecule has 2 heterocycles. The van der Waals surface area contributed by atoms with Crippen LogP contribution in [0.3, 0.4) is 0 Å². The maximum Gasteiger partial charge on any atom is 0.341 e. The van der Waals surface area contributed by atoms with Gasteiger partial charge in [-0.05, 0) is 49.8 Å². The molecule has 33 heavy (non-hydrogen) atoms. The Kier molecular flexibility index (Phi) is 7.19. The zero-order valence-electron chi connectivity index (χ0n) is 19.0. The van der Waals surface area contributed by atoms with Crippen molar-refractivity contribution in [2.75, 3.05) is 17.7 Å². The second kappa shape index (κ2) is 10.1. The van der Waals surface area contributed by atoms with E-state index in [-0.39, 0.29) is 23.9 Å². The van der Waals surface area contributed by atoms with Gasteiger partial charge in [-0.2, -0.15) is 0 Å². The van der Waals surface area contributed by atoms with Crippen molar-refractivity contribution in [3.63, 3.8) is 0 Å². The topological polar surface area (TPSA) is 90.3 Å².